The van der Waals surface area contributed by atoms with Gasteiger partial charge in [0.05, 0.1) is 19.0 Å². The van der Waals surface area contributed by atoms with Crippen molar-refractivity contribution in [1.82, 2.24) is 19.5 Å². The summed E-state index contributed by atoms with van der Waals surface area (Å²) in [5.74, 6) is 0.369. The lowest BCUT2D eigenvalue weighted by molar-refractivity contribution is 0.0866. The molecule has 0 aliphatic heterocycles. The van der Waals surface area contributed by atoms with Crippen LogP contribution >= 0.6 is 7.14 Å². The van der Waals surface area contributed by atoms with Gasteiger partial charge in [-0.25, -0.2) is 15.0 Å². The lowest BCUT2D eigenvalue weighted by atomic mass is 10.4. The number of nitrogens with zero attached hydrogens (tertiary/aromatic N) is 4. The number of imidazole rings is 1. The van der Waals surface area contributed by atoms with E-state index in [1.165, 1.54) is 6.33 Å². The smallest absolute Gasteiger partial charge is 0.165 e. The van der Waals surface area contributed by atoms with Crippen molar-refractivity contribution in [1.29, 1.82) is 0 Å². The predicted molar refractivity (Wildman–Crippen MR) is 83.8 cm³/mol. The molecule has 0 fully saturated rings. The third-order valence-electron chi connectivity index (χ3n) is 3.63. The van der Waals surface area contributed by atoms with E-state index in [0.29, 0.717) is 42.2 Å². The zero-order valence-electron chi connectivity index (χ0n) is 12.7. The Balaban J connectivity index is 2.03. The molecule has 2 heterocycles. The van der Waals surface area contributed by atoms with Crippen molar-refractivity contribution in [3.8, 4) is 0 Å². The van der Waals surface area contributed by atoms with Crippen LogP contribution in [0.4, 0.5) is 5.82 Å². The van der Waals surface area contributed by atoms with E-state index in [9.17, 15) is 4.57 Å². The molecule has 0 radical (unpaired) electrons. The van der Waals surface area contributed by atoms with Gasteiger partial charge in [-0.1, -0.05) is 13.8 Å². The Bertz CT molecular complexity index is 649. The van der Waals surface area contributed by atoms with Gasteiger partial charge >= 0.3 is 0 Å². The van der Waals surface area contributed by atoms with Gasteiger partial charge in [0.25, 0.3) is 0 Å². The first-order chi connectivity index (χ1) is 9.99. The molecular weight excluding hydrogens is 289 g/mol. The fourth-order valence-electron chi connectivity index (χ4n) is 2.03. The highest BCUT2D eigenvalue weighted by Crippen LogP contribution is 2.44. The monoisotopic (exact) mass is 311 g/mol. The van der Waals surface area contributed by atoms with Gasteiger partial charge in [0.15, 0.2) is 11.5 Å². The summed E-state index contributed by atoms with van der Waals surface area (Å²) >= 11 is 0. The van der Waals surface area contributed by atoms with E-state index in [1.54, 1.807) is 6.33 Å². The maximum atomic E-state index is 12.3. The first-order valence-corrected chi connectivity index (χ1v) is 9.35. The van der Waals surface area contributed by atoms with Gasteiger partial charge in [-0.3, -0.25) is 0 Å². The van der Waals surface area contributed by atoms with Gasteiger partial charge in [-0.15, -0.1) is 0 Å². The first kappa shape index (κ1) is 15.9. The maximum Gasteiger partial charge on any atom is 0.165 e. The average Bonchev–Trinajstić information content (AvgIpc) is 2.89. The number of hydrogen-bond donors (Lipinski definition) is 1. The SMILES string of the molecule is CCP(=O)(CC)CO[C@H](C)Cn1cnc2c(N)ncnc21. The minimum absolute atomic E-state index is 0.0787. The molecule has 2 rings (SSSR count). The summed E-state index contributed by atoms with van der Waals surface area (Å²) in [5.41, 5.74) is 7.04. The van der Waals surface area contributed by atoms with Crippen LogP contribution < -0.4 is 5.73 Å². The van der Waals surface area contributed by atoms with Gasteiger partial charge in [0.2, 0.25) is 0 Å². The molecule has 0 unspecified atom stereocenters. The van der Waals surface area contributed by atoms with E-state index < -0.39 is 7.14 Å². The molecular formula is C13H22N5O2P. The highest BCUT2D eigenvalue weighted by atomic mass is 31.2. The van der Waals surface area contributed by atoms with Crippen LogP contribution in [0.15, 0.2) is 12.7 Å². The zero-order valence-corrected chi connectivity index (χ0v) is 13.6. The van der Waals surface area contributed by atoms with Gasteiger partial charge in [-0.05, 0) is 6.92 Å². The largest absolute Gasteiger partial charge is 0.382 e. The van der Waals surface area contributed by atoms with Gasteiger partial charge in [-0.2, -0.15) is 0 Å². The molecule has 2 N–H and O–H groups in total. The average molecular weight is 311 g/mol. The summed E-state index contributed by atoms with van der Waals surface area (Å²) in [6.07, 6.45) is 4.69. The molecule has 2 aromatic rings. The second-order valence-electron chi connectivity index (χ2n) is 5.13. The molecule has 0 bridgehead atoms. The Hall–Kier alpha value is -1.46. The van der Waals surface area contributed by atoms with E-state index in [-0.39, 0.29) is 6.10 Å². The number of nitrogen functional groups attached to an aromatic ring is 1. The van der Waals surface area contributed by atoms with Crippen molar-refractivity contribution >= 4 is 24.1 Å². The number of rotatable bonds is 7. The number of fused-ring (bicyclic) bond motifs is 1. The summed E-state index contributed by atoms with van der Waals surface area (Å²) in [7, 11) is -2.17. The molecule has 1 atom stereocenters. The Morgan fingerprint density at radius 3 is 2.71 bits per heavy atom. The topological polar surface area (TPSA) is 95.9 Å². The molecule has 2 aromatic heterocycles. The Morgan fingerprint density at radius 1 is 1.33 bits per heavy atom. The summed E-state index contributed by atoms with van der Waals surface area (Å²) in [6, 6.07) is 0. The second kappa shape index (κ2) is 6.54. The molecule has 0 aromatic carbocycles. The molecule has 0 aliphatic rings. The summed E-state index contributed by atoms with van der Waals surface area (Å²) in [5, 5.41) is 0. The van der Waals surface area contributed by atoms with Crippen molar-refractivity contribution in [3.05, 3.63) is 12.7 Å². The van der Waals surface area contributed by atoms with Crippen LogP contribution in [0.3, 0.4) is 0 Å². The van der Waals surface area contributed by atoms with Crippen LogP contribution in [0.25, 0.3) is 11.2 Å². The van der Waals surface area contributed by atoms with E-state index in [4.69, 9.17) is 10.5 Å². The minimum Gasteiger partial charge on any atom is -0.382 e. The zero-order chi connectivity index (χ0) is 15.5. The van der Waals surface area contributed by atoms with Crippen LogP contribution in [0.2, 0.25) is 0 Å². The van der Waals surface area contributed by atoms with Crippen LogP contribution in [0, 0.1) is 0 Å². The standard InChI is InChI=1S/C13H22N5O2P/c1-4-21(19,5-2)9-20-10(3)6-18-8-17-11-12(14)15-7-16-13(11)18/h7-8,10H,4-6,9H2,1-3H3,(H2,14,15,16)/t10-/m1/s1. The molecule has 0 saturated heterocycles. The molecule has 0 spiro atoms. The molecule has 21 heavy (non-hydrogen) atoms. The third kappa shape index (κ3) is 3.60. The molecule has 8 heteroatoms. The van der Waals surface area contributed by atoms with Crippen molar-refractivity contribution < 1.29 is 9.30 Å². The first-order valence-electron chi connectivity index (χ1n) is 7.09. The van der Waals surface area contributed by atoms with Gasteiger partial charge in [0, 0.05) is 12.3 Å². The molecule has 116 valence electrons. The van der Waals surface area contributed by atoms with E-state index >= 15 is 0 Å². The van der Waals surface area contributed by atoms with Crippen LogP contribution in [0.1, 0.15) is 20.8 Å². The summed E-state index contributed by atoms with van der Waals surface area (Å²) < 4.78 is 20.0. The lowest BCUT2D eigenvalue weighted by Gasteiger charge is -2.19. The number of nitrogens with two attached hydrogens (primary N) is 1. The van der Waals surface area contributed by atoms with Gasteiger partial charge in [0.1, 0.15) is 25.3 Å². The van der Waals surface area contributed by atoms with E-state index in [2.05, 4.69) is 15.0 Å². The summed E-state index contributed by atoms with van der Waals surface area (Å²) in [4.78, 5) is 12.3. The summed E-state index contributed by atoms with van der Waals surface area (Å²) in [6.45, 7) is 6.43. The minimum atomic E-state index is -2.17. The molecule has 7 nitrogen and oxygen atoms in total. The number of anilines is 1. The lowest BCUT2D eigenvalue weighted by Crippen LogP contribution is -2.18. The highest BCUT2D eigenvalue weighted by molar-refractivity contribution is 7.63. The number of ether oxygens (including phenoxy) is 1. The molecule has 0 saturated carbocycles. The van der Waals surface area contributed by atoms with Crippen molar-refractivity contribution in [2.75, 3.05) is 24.4 Å². The van der Waals surface area contributed by atoms with Crippen LogP contribution in [-0.2, 0) is 15.8 Å². The number of hydrogen-bond acceptors (Lipinski definition) is 6. The quantitative estimate of drug-likeness (QED) is 0.787. The molecule has 0 amide bonds. The van der Waals surface area contributed by atoms with Crippen LogP contribution in [0.5, 0.6) is 0 Å². The maximum absolute atomic E-state index is 12.3. The Kier molecular flexibility index (Phi) is 4.96. The van der Waals surface area contributed by atoms with Crippen molar-refractivity contribution in [3.63, 3.8) is 0 Å². The predicted octanol–water partition coefficient (Wildman–Crippen LogP) is 2.17. The highest BCUT2D eigenvalue weighted by Gasteiger charge is 2.19. The Morgan fingerprint density at radius 2 is 2.05 bits per heavy atom. The fourth-order valence-corrected chi connectivity index (χ4v) is 3.37. The van der Waals surface area contributed by atoms with Gasteiger partial charge < -0.3 is 19.6 Å². The molecule has 0 aliphatic carbocycles. The van der Waals surface area contributed by atoms with Crippen molar-refractivity contribution in [2.24, 2.45) is 0 Å². The second-order valence-corrected chi connectivity index (χ2v) is 8.76. The normalized spacial score (nSPS) is 13.7. The van der Waals surface area contributed by atoms with Crippen molar-refractivity contribution in [2.45, 2.75) is 33.4 Å². The van der Waals surface area contributed by atoms with Crippen LogP contribution in [-0.4, -0.2) is 44.3 Å². The number of aromatic nitrogens is 4. The Labute approximate surface area is 124 Å². The fraction of sp³-hybridized carbons (Fsp3) is 0.615. The van der Waals surface area contributed by atoms with E-state index in [0.717, 1.165) is 0 Å². The third-order valence-corrected chi connectivity index (χ3v) is 6.56. The van der Waals surface area contributed by atoms with E-state index in [1.807, 2.05) is 25.3 Å².